The second-order valence-corrected chi connectivity index (χ2v) is 5.40. The van der Waals surface area contributed by atoms with Crippen LogP contribution in [0.1, 0.15) is 39.4 Å². The standard InChI is InChI=1S/C11H19BrN2/c1-9(2)14-10(5-6-13-14)7-11(3,4)8-12/h5-6,9H,7-8H2,1-4H3. The molecular formula is C11H19BrN2. The molecule has 1 aromatic heterocycles. The minimum Gasteiger partial charge on any atom is -0.267 e. The van der Waals surface area contributed by atoms with Gasteiger partial charge in [-0.3, -0.25) is 4.68 Å². The second kappa shape index (κ2) is 4.47. The molecule has 1 rings (SSSR count). The molecule has 0 aromatic carbocycles. The number of alkyl halides is 1. The van der Waals surface area contributed by atoms with Gasteiger partial charge in [-0.1, -0.05) is 29.8 Å². The Morgan fingerprint density at radius 2 is 2.14 bits per heavy atom. The third kappa shape index (κ3) is 2.84. The summed E-state index contributed by atoms with van der Waals surface area (Å²) >= 11 is 3.55. The van der Waals surface area contributed by atoms with E-state index in [-0.39, 0.29) is 0 Å². The van der Waals surface area contributed by atoms with E-state index in [0.717, 1.165) is 11.8 Å². The SMILES string of the molecule is CC(C)n1nccc1CC(C)(C)CBr. The van der Waals surface area contributed by atoms with E-state index in [4.69, 9.17) is 0 Å². The van der Waals surface area contributed by atoms with Crippen molar-refractivity contribution in [3.05, 3.63) is 18.0 Å². The van der Waals surface area contributed by atoms with Crippen molar-refractivity contribution in [2.45, 2.75) is 40.2 Å². The van der Waals surface area contributed by atoms with Crippen LogP contribution in [0.4, 0.5) is 0 Å². The predicted molar refractivity (Wildman–Crippen MR) is 63.9 cm³/mol. The summed E-state index contributed by atoms with van der Waals surface area (Å²) in [4.78, 5) is 0. The van der Waals surface area contributed by atoms with E-state index in [9.17, 15) is 0 Å². The average Bonchev–Trinajstić information content (AvgIpc) is 2.51. The summed E-state index contributed by atoms with van der Waals surface area (Å²) in [5.41, 5.74) is 1.62. The molecule has 0 saturated carbocycles. The fourth-order valence-corrected chi connectivity index (χ4v) is 1.68. The maximum atomic E-state index is 4.34. The molecule has 0 saturated heterocycles. The van der Waals surface area contributed by atoms with Gasteiger partial charge in [0.1, 0.15) is 0 Å². The zero-order chi connectivity index (χ0) is 10.8. The molecule has 3 heteroatoms. The molecule has 1 aromatic rings. The fourth-order valence-electron chi connectivity index (χ4n) is 1.48. The van der Waals surface area contributed by atoms with Crippen LogP contribution >= 0.6 is 15.9 Å². The minimum atomic E-state index is 0.298. The molecule has 0 unspecified atom stereocenters. The molecule has 0 fully saturated rings. The van der Waals surface area contributed by atoms with Gasteiger partial charge in [0.2, 0.25) is 0 Å². The van der Waals surface area contributed by atoms with E-state index >= 15 is 0 Å². The summed E-state index contributed by atoms with van der Waals surface area (Å²) in [5, 5.41) is 5.35. The third-order valence-electron chi connectivity index (χ3n) is 2.26. The van der Waals surface area contributed by atoms with Gasteiger partial charge in [-0.25, -0.2) is 0 Å². The highest BCUT2D eigenvalue weighted by molar-refractivity contribution is 9.09. The van der Waals surface area contributed by atoms with Crippen molar-refractivity contribution >= 4 is 15.9 Å². The lowest BCUT2D eigenvalue weighted by Gasteiger charge is -2.22. The number of nitrogens with zero attached hydrogens (tertiary/aromatic N) is 2. The van der Waals surface area contributed by atoms with Gasteiger partial charge >= 0.3 is 0 Å². The molecule has 2 nitrogen and oxygen atoms in total. The second-order valence-electron chi connectivity index (χ2n) is 4.84. The van der Waals surface area contributed by atoms with Gasteiger partial charge in [0.15, 0.2) is 0 Å². The van der Waals surface area contributed by atoms with Crippen LogP contribution in [-0.4, -0.2) is 15.1 Å². The Morgan fingerprint density at radius 1 is 1.50 bits per heavy atom. The smallest absolute Gasteiger partial charge is 0.0492 e. The van der Waals surface area contributed by atoms with Gasteiger partial charge < -0.3 is 0 Å². The molecule has 0 bridgehead atoms. The van der Waals surface area contributed by atoms with E-state index in [2.05, 4.69) is 59.5 Å². The van der Waals surface area contributed by atoms with Crippen molar-refractivity contribution in [2.24, 2.45) is 5.41 Å². The van der Waals surface area contributed by atoms with Crippen molar-refractivity contribution in [1.82, 2.24) is 9.78 Å². The number of hydrogen-bond donors (Lipinski definition) is 0. The Morgan fingerprint density at radius 3 is 2.64 bits per heavy atom. The highest BCUT2D eigenvalue weighted by atomic mass is 79.9. The van der Waals surface area contributed by atoms with Crippen LogP contribution in [0.25, 0.3) is 0 Å². The first kappa shape index (κ1) is 11.8. The molecule has 14 heavy (non-hydrogen) atoms. The Hall–Kier alpha value is -0.310. The van der Waals surface area contributed by atoms with Crippen molar-refractivity contribution in [3.8, 4) is 0 Å². The summed E-state index contributed by atoms with van der Waals surface area (Å²) in [6, 6.07) is 2.57. The Kier molecular flexibility index (Phi) is 3.76. The number of aromatic nitrogens is 2. The highest BCUT2D eigenvalue weighted by Gasteiger charge is 2.19. The van der Waals surface area contributed by atoms with Crippen LogP contribution in [0.3, 0.4) is 0 Å². The molecular weight excluding hydrogens is 240 g/mol. The van der Waals surface area contributed by atoms with E-state index < -0.39 is 0 Å². The fraction of sp³-hybridized carbons (Fsp3) is 0.727. The monoisotopic (exact) mass is 258 g/mol. The van der Waals surface area contributed by atoms with Crippen LogP contribution in [0.5, 0.6) is 0 Å². The summed E-state index contributed by atoms with van der Waals surface area (Å²) in [6.45, 7) is 8.86. The van der Waals surface area contributed by atoms with Crippen LogP contribution in [-0.2, 0) is 6.42 Å². The zero-order valence-electron chi connectivity index (χ0n) is 9.42. The van der Waals surface area contributed by atoms with Crippen molar-refractivity contribution in [1.29, 1.82) is 0 Å². The van der Waals surface area contributed by atoms with Crippen molar-refractivity contribution in [3.63, 3.8) is 0 Å². The summed E-state index contributed by atoms with van der Waals surface area (Å²) in [7, 11) is 0. The third-order valence-corrected chi connectivity index (χ3v) is 3.78. The summed E-state index contributed by atoms with van der Waals surface area (Å²) in [5.74, 6) is 0. The Balaban J connectivity index is 2.81. The number of rotatable bonds is 4. The molecule has 0 aliphatic carbocycles. The van der Waals surface area contributed by atoms with Crippen LogP contribution in [0.15, 0.2) is 12.3 Å². The predicted octanol–water partition coefficient (Wildman–Crippen LogP) is 3.43. The van der Waals surface area contributed by atoms with E-state index in [1.165, 1.54) is 5.69 Å². The molecule has 0 N–H and O–H groups in total. The Labute approximate surface area is 94.8 Å². The number of halogens is 1. The number of hydrogen-bond acceptors (Lipinski definition) is 1. The highest BCUT2D eigenvalue weighted by Crippen LogP contribution is 2.24. The first-order valence-electron chi connectivity index (χ1n) is 5.04. The van der Waals surface area contributed by atoms with E-state index in [1.807, 2.05) is 6.20 Å². The molecule has 0 atom stereocenters. The molecule has 80 valence electrons. The molecule has 0 aliphatic heterocycles. The quantitative estimate of drug-likeness (QED) is 0.757. The zero-order valence-corrected chi connectivity index (χ0v) is 11.0. The van der Waals surface area contributed by atoms with E-state index in [0.29, 0.717) is 11.5 Å². The van der Waals surface area contributed by atoms with E-state index in [1.54, 1.807) is 0 Å². The maximum Gasteiger partial charge on any atom is 0.0492 e. The average molecular weight is 259 g/mol. The Bertz CT molecular complexity index is 289. The summed E-state index contributed by atoms with van der Waals surface area (Å²) < 4.78 is 2.10. The molecule has 0 spiro atoms. The lowest BCUT2D eigenvalue weighted by atomic mass is 9.90. The molecule has 0 amide bonds. The first-order valence-corrected chi connectivity index (χ1v) is 6.17. The van der Waals surface area contributed by atoms with Crippen LogP contribution in [0, 0.1) is 5.41 Å². The normalized spacial score (nSPS) is 12.4. The first-order chi connectivity index (χ1) is 6.46. The van der Waals surface area contributed by atoms with Gasteiger partial charge in [-0.2, -0.15) is 5.10 Å². The molecule has 1 heterocycles. The lowest BCUT2D eigenvalue weighted by molar-refractivity contribution is 0.394. The summed E-state index contributed by atoms with van der Waals surface area (Å²) in [6.07, 6.45) is 2.95. The van der Waals surface area contributed by atoms with Gasteiger partial charge in [0.05, 0.1) is 0 Å². The molecule has 0 aliphatic rings. The van der Waals surface area contributed by atoms with Gasteiger partial charge in [0, 0.05) is 23.3 Å². The van der Waals surface area contributed by atoms with Gasteiger partial charge in [0.25, 0.3) is 0 Å². The van der Waals surface area contributed by atoms with Crippen molar-refractivity contribution in [2.75, 3.05) is 5.33 Å². The van der Waals surface area contributed by atoms with Crippen molar-refractivity contribution < 1.29 is 0 Å². The van der Waals surface area contributed by atoms with Crippen LogP contribution in [0.2, 0.25) is 0 Å². The topological polar surface area (TPSA) is 17.8 Å². The minimum absolute atomic E-state index is 0.298. The molecule has 0 radical (unpaired) electrons. The lowest BCUT2D eigenvalue weighted by Crippen LogP contribution is -2.20. The maximum absolute atomic E-state index is 4.34. The van der Waals surface area contributed by atoms with Gasteiger partial charge in [-0.05, 0) is 31.7 Å². The largest absolute Gasteiger partial charge is 0.267 e. The van der Waals surface area contributed by atoms with Gasteiger partial charge in [-0.15, -0.1) is 0 Å². The van der Waals surface area contributed by atoms with Crippen LogP contribution < -0.4 is 0 Å².